The predicted molar refractivity (Wildman–Crippen MR) is 62.9 cm³/mol. The van der Waals surface area contributed by atoms with Crippen molar-refractivity contribution in [1.82, 2.24) is 0 Å². The minimum Gasteiger partial charge on any atom is -0.381 e. The summed E-state index contributed by atoms with van der Waals surface area (Å²) in [5, 5.41) is 0. The summed E-state index contributed by atoms with van der Waals surface area (Å²) >= 11 is 3.43. The second kappa shape index (κ2) is 5.10. The first-order valence-corrected chi connectivity index (χ1v) is 5.99. The smallest absolute Gasteiger partial charge is 0.0849 e. The minimum atomic E-state index is 0.191. The van der Waals surface area contributed by atoms with Crippen LogP contribution in [0.5, 0.6) is 0 Å². The van der Waals surface area contributed by atoms with Crippen LogP contribution >= 0.6 is 15.9 Å². The molecular formula is C12H15BrO2. The van der Waals surface area contributed by atoms with Gasteiger partial charge in [-0.25, -0.2) is 0 Å². The van der Waals surface area contributed by atoms with Crippen molar-refractivity contribution < 1.29 is 9.47 Å². The molecule has 0 aliphatic carbocycles. The number of hydrogen-bond donors (Lipinski definition) is 0. The largest absolute Gasteiger partial charge is 0.381 e. The zero-order valence-electron chi connectivity index (χ0n) is 8.78. The van der Waals surface area contributed by atoms with E-state index in [0.717, 1.165) is 23.9 Å². The van der Waals surface area contributed by atoms with Gasteiger partial charge in [0.25, 0.3) is 0 Å². The molecule has 2 nitrogen and oxygen atoms in total. The Kier molecular flexibility index (Phi) is 3.78. The Morgan fingerprint density at radius 3 is 2.73 bits per heavy atom. The molecule has 2 atom stereocenters. The highest BCUT2D eigenvalue weighted by Gasteiger charge is 2.23. The Hall–Kier alpha value is -0.380. The van der Waals surface area contributed by atoms with E-state index in [0.29, 0.717) is 6.10 Å². The fourth-order valence-electron chi connectivity index (χ4n) is 1.89. The molecule has 2 rings (SSSR count). The van der Waals surface area contributed by atoms with Crippen LogP contribution in [0.2, 0.25) is 0 Å². The fourth-order valence-corrected chi connectivity index (χ4v) is 2.15. The Balaban J connectivity index is 2.06. The van der Waals surface area contributed by atoms with E-state index < -0.39 is 0 Å². The maximum absolute atomic E-state index is 5.74. The molecule has 1 aliphatic rings. The minimum absolute atomic E-state index is 0.191. The number of hydrogen-bond acceptors (Lipinski definition) is 2. The molecule has 0 bridgehead atoms. The van der Waals surface area contributed by atoms with Crippen LogP contribution < -0.4 is 0 Å². The van der Waals surface area contributed by atoms with Gasteiger partial charge in [-0.05, 0) is 24.1 Å². The van der Waals surface area contributed by atoms with Gasteiger partial charge in [-0.15, -0.1) is 0 Å². The molecular weight excluding hydrogens is 256 g/mol. The van der Waals surface area contributed by atoms with E-state index in [1.807, 2.05) is 0 Å². The Bertz CT molecular complexity index is 310. The third-order valence-electron chi connectivity index (χ3n) is 2.81. The van der Waals surface area contributed by atoms with Crippen LogP contribution in [0.15, 0.2) is 28.7 Å². The van der Waals surface area contributed by atoms with Gasteiger partial charge in [-0.2, -0.15) is 0 Å². The van der Waals surface area contributed by atoms with Gasteiger partial charge >= 0.3 is 0 Å². The highest BCUT2D eigenvalue weighted by molar-refractivity contribution is 9.10. The first-order chi connectivity index (χ1) is 7.29. The second-order valence-electron chi connectivity index (χ2n) is 3.79. The highest BCUT2D eigenvalue weighted by Crippen LogP contribution is 2.29. The molecule has 1 saturated heterocycles. The Morgan fingerprint density at radius 1 is 1.33 bits per heavy atom. The summed E-state index contributed by atoms with van der Waals surface area (Å²) in [6, 6.07) is 8.31. The number of ether oxygens (including phenoxy) is 2. The van der Waals surface area contributed by atoms with Gasteiger partial charge in [0.05, 0.1) is 12.2 Å². The lowest BCUT2D eigenvalue weighted by Gasteiger charge is -2.28. The second-order valence-corrected chi connectivity index (χ2v) is 4.71. The first kappa shape index (κ1) is 11.1. The summed E-state index contributed by atoms with van der Waals surface area (Å²) in [6.07, 6.45) is 2.49. The molecule has 82 valence electrons. The molecule has 15 heavy (non-hydrogen) atoms. The number of rotatable bonds is 2. The molecule has 1 fully saturated rings. The number of halogens is 1. The lowest BCUT2D eigenvalue weighted by atomic mass is 9.99. The number of benzene rings is 1. The van der Waals surface area contributed by atoms with Crippen LogP contribution in [-0.4, -0.2) is 19.8 Å². The summed E-state index contributed by atoms with van der Waals surface area (Å²) in [7, 11) is 1.77. The van der Waals surface area contributed by atoms with Crippen molar-refractivity contribution in [3.05, 3.63) is 34.3 Å². The van der Waals surface area contributed by atoms with Crippen LogP contribution in [0.1, 0.15) is 24.5 Å². The van der Waals surface area contributed by atoms with Crippen molar-refractivity contribution in [3.8, 4) is 0 Å². The molecule has 1 aliphatic heterocycles. The lowest BCUT2D eigenvalue weighted by molar-refractivity contribution is -0.0598. The molecule has 1 aromatic carbocycles. The topological polar surface area (TPSA) is 18.5 Å². The SMILES string of the molecule is CO[C@H]1CCO[C@@H](c2ccc(Br)cc2)C1. The average Bonchev–Trinajstić information content (AvgIpc) is 2.30. The molecule has 0 N–H and O–H groups in total. The van der Waals surface area contributed by atoms with Crippen molar-refractivity contribution in [1.29, 1.82) is 0 Å². The van der Waals surface area contributed by atoms with E-state index in [2.05, 4.69) is 40.2 Å². The molecule has 3 heteroatoms. The quantitative estimate of drug-likeness (QED) is 0.821. The molecule has 0 amide bonds. The van der Waals surface area contributed by atoms with Crippen molar-refractivity contribution in [2.45, 2.75) is 25.0 Å². The molecule has 1 aromatic rings. The average molecular weight is 271 g/mol. The first-order valence-electron chi connectivity index (χ1n) is 5.19. The standard InChI is InChI=1S/C12H15BrO2/c1-14-11-6-7-15-12(8-11)9-2-4-10(13)5-3-9/h2-5,11-12H,6-8H2,1H3/t11-,12+/m0/s1. The molecule has 0 unspecified atom stereocenters. The van der Waals surface area contributed by atoms with Gasteiger partial charge in [0, 0.05) is 24.6 Å². The van der Waals surface area contributed by atoms with E-state index in [1.54, 1.807) is 7.11 Å². The summed E-state index contributed by atoms with van der Waals surface area (Å²) in [5.41, 5.74) is 1.24. The van der Waals surface area contributed by atoms with E-state index in [4.69, 9.17) is 9.47 Å². The van der Waals surface area contributed by atoms with Crippen LogP contribution in [0.4, 0.5) is 0 Å². The zero-order chi connectivity index (χ0) is 10.7. The fraction of sp³-hybridized carbons (Fsp3) is 0.500. The van der Waals surface area contributed by atoms with Crippen LogP contribution in [-0.2, 0) is 9.47 Å². The lowest BCUT2D eigenvalue weighted by Crippen LogP contribution is -2.25. The van der Waals surface area contributed by atoms with Crippen molar-refractivity contribution >= 4 is 15.9 Å². The maximum atomic E-state index is 5.74. The van der Waals surface area contributed by atoms with E-state index >= 15 is 0 Å². The van der Waals surface area contributed by atoms with Gasteiger partial charge in [0.15, 0.2) is 0 Å². The molecule has 0 radical (unpaired) electrons. The normalized spacial score (nSPS) is 26.5. The molecule has 0 spiro atoms. The van der Waals surface area contributed by atoms with Crippen molar-refractivity contribution in [2.75, 3.05) is 13.7 Å². The summed E-state index contributed by atoms with van der Waals surface area (Å²) in [6.45, 7) is 0.791. The van der Waals surface area contributed by atoms with Gasteiger partial charge in [0.1, 0.15) is 0 Å². The highest BCUT2D eigenvalue weighted by atomic mass is 79.9. The summed E-state index contributed by atoms with van der Waals surface area (Å²) in [4.78, 5) is 0. The van der Waals surface area contributed by atoms with E-state index in [1.165, 1.54) is 5.56 Å². The maximum Gasteiger partial charge on any atom is 0.0849 e. The van der Waals surface area contributed by atoms with Crippen molar-refractivity contribution in [3.63, 3.8) is 0 Å². The molecule has 1 heterocycles. The predicted octanol–water partition coefficient (Wildman–Crippen LogP) is 3.32. The van der Waals surface area contributed by atoms with Gasteiger partial charge in [-0.1, -0.05) is 28.1 Å². The van der Waals surface area contributed by atoms with E-state index in [9.17, 15) is 0 Å². The van der Waals surface area contributed by atoms with Crippen LogP contribution in [0.25, 0.3) is 0 Å². The van der Waals surface area contributed by atoms with Crippen LogP contribution in [0, 0.1) is 0 Å². The van der Waals surface area contributed by atoms with Crippen molar-refractivity contribution in [2.24, 2.45) is 0 Å². The molecule has 0 aromatic heterocycles. The third kappa shape index (κ3) is 2.80. The zero-order valence-corrected chi connectivity index (χ0v) is 10.4. The number of methoxy groups -OCH3 is 1. The van der Waals surface area contributed by atoms with Crippen LogP contribution in [0.3, 0.4) is 0 Å². The van der Waals surface area contributed by atoms with Gasteiger partial charge in [0.2, 0.25) is 0 Å². The van der Waals surface area contributed by atoms with Gasteiger partial charge in [-0.3, -0.25) is 0 Å². The third-order valence-corrected chi connectivity index (χ3v) is 3.34. The Labute approximate surface area is 98.7 Å². The van der Waals surface area contributed by atoms with E-state index in [-0.39, 0.29) is 6.10 Å². The summed E-state index contributed by atoms with van der Waals surface area (Å²) in [5.74, 6) is 0. The Morgan fingerprint density at radius 2 is 2.07 bits per heavy atom. The monoisotopic (exact) mass is 270 g/mol. The van der Waals surface area contributed by atoms with Gasteiger partial charge < -0.3 is 9.47 Å². The summed E-state index contributed by atoms with van der Waals surface area (Å²) < 4.78 is 12.2. The molecule has 0 saturated carbocycles.